The van der Waals surface area contributed by atoms with Crippen LogP contribution in [-0.4, -0.2) is 21.8 Å². The molecule has 102 valence electrons. The Bertz CT molecular complexity index is 662. The largest absolute Gasteiger partial charge is 0.719 e. The molecule has 0 saturated carbocycles. The van der Waals surface area contributed by atoms with Crippen molar-refractivity contribution in [3.63, 3.8) is 0 Å². The van der Waals surface area contributed by atoms with Crippen molar-refractivity contribution < 1.29 is 18.8 Å². The Balaban J connectivity index is 2.35. The normalized spacial score (nSPS) is 10.8. The van der Waals surface area contributed by atoms with E-state index in [0.29, 0.717) is 11.4 Å². The first-order chi connectivity index (χ1) is 9.63. The van der Waals surface area contributed by atoms with Crippen molar-refractivity contribution >= 4 is 14.1 Å². The number of aromatic nitrogens is 2. The third-order valence-electron chi connectivity index (χ3n) is 2.37. The molecule has 8 nitrogen and oxygen atoms in total. The zero-order valence-electron chi connectivity index (χ0n) is 10.3. The van der Waals surface area contributed by atoms with Gasteiger partial charge in [-0.2, -0.15) is 15.8 Å². The van der Waals surface area contributed by atoms with Gasteiger partial charge in [0.15, 0.2) is 11.5 Å². The van der Waals surface area contributed by atoms with Crippen LogP contribution >= 0.6 is 8.25 Å². The quantitative estimate of drug-likeness (QED) is 0.638. The Labute approximate surface area is 115 Å². The maximum absolute atomic E-state index is 10.5. The van der Waals surface area contributed by atoms with Crippen LogP contribution < -0.4 is 10.2 Å². The predicted octanol–water partition coefficient (Wildman–Crippen LogP) is 1.75. The molecule has 0 bridgehead atoms. The molecule has 2 aromatic rings. The van der Waals surface area contributed by atoms with Crippen LogP contribution in [0.2, 0.25) is 0 Å². The molecule has 0 radical (unpaired) electrons. The third kappa shape index (κ3) is 3.10. The summed E-state index contributed by atoms with van der Waals surface area (Å²) in [5.41, 5.74) is 3.05. The lowest BCUT2D eigenvalue weighted by molar-refractivity contribution is 0.336. The molecule has 2 rings (SSSR count). The van der Waals surface area contributed by atoms with Gasteiger partial charge in [0.1, 0.15) is 11.8 Å². The number of benzene rings is 1. The molecule has 0 fully saturated rings. The van der Waals surface area contributed by atoms with E-state index in [4.69, 9.17) is 14.9 Å². The first-order valence-corrected chi connectivity index (χ1v) is 6.51. The Hall–Kier alpha value is -2.46. The highest BCUT2D eigenvalue weighted by atomic mass is 31.1. The number of hydrogen-bond donors (Lipinski definition) is 2. The van der Waals surface area contributed by atoms with Crippen molar-refractivity contribution in [3.05, 3.63) is 36.0 Å². The Kier molecular flexibility index (Phi) is 4.27. The van der Waals surface area contributed by atoms with Crippen molar-refractivity contribution in [1.29, 1.82) is 5.26 Å². The molecule has 1 unspecified atom stereocenters. The highest BCUT2D eigenvalue weighted by Gasteiger charge is 2.16. The monoisotopic (exact) mass is 293 g/mol. The average Bonchev–Trinajstić information content (AvgIpc) is 2.88. The Morgan fingerprint density at radius 1 is 1.45 bits per heavy atom. The zero-order chi connectivity index (χ0) is 14.5. The van der Waals surface area contributed by atoms with Gasteiger partial charge in [-0.3, -0.25) is 0 Å². The van der Waals surface area contributed by atoms with Gasteiger partial charge >= 0.3 is 8.25 Å². The minimum absolute atomic E-state index is 0.139. The van der Waals surface area contributed by atoms with Gasteiger partial charge < -0.3 is 4.74 Å². The fourth-order valence-corrected chi connectivity index (χ4v) is 1.69. The van der Waals surface area contributed by atoms with Gasteiger partial charge in [0, 0.05) is 15.3 Å². The second-order valence-corrected chi connectivity index (χ2v) is 4.23. The summed E-state index contributed by atoms with van der Waals surface area (Å²) in [7, 11) is -1.26. The lowest BCUT2D eigenvalue weighted by Gasteiger charge is -2.06. The van der Waals surface area contributed by atoms with Gasteiger partial charge in [-0.25, -0.2) is 4.68 Å². The summed E-state index contributed by atoms with van der Waals surface area (Å²) in [5, 5.41) is 12.9. The second kappa shape index (κ2) is 6.12. The van der Waals surface area contributed by atoms with E-state index in [-0.39, 0.29) is 11.5 Å². The standard InChI is InChI=1S/C11H9N4O4P/c1-18-10-4-2-9(3-5-10)15-11(14-19-20(16)17)6-8(7-12)13-15/h2-6,14H,1H3/p+1. The lowest BCUT2D eigenvalue weighted by Crippen LogP contribution is -2.04. The number of nitrogens with zero attached hydrogens (tertiary/aromatic N) is 3. The number of ether oxygens (including phenoxy) is 1. The van der Waals surface area contributed by atoms with Gasteiger partial charge in [-0.05, 0) is 24.3 Å². The van der Waals surface area contributed by atoms with Crippen LogP contribution in [0.25, 0.3) is 5.69 Å². The zero-order valence-corrected chi connectivity index (χ0v) is 11.2. The lowest BCUT2D eigenvalue weighted by atomic mass is 10.3. The van der Waals surface area contributed by atoms with Crippen LogP contribution in [0.15, 0.2) is 30.3 Å². The summed E-state index contributed by atoms with van der Waals surface area (Å²) in [6, 6.07) is 10.2. The molecule has 1 heterocycles. The Morgan fingerprint density at radius 3 is 2.70 bits per heavy atom. The molecular formula is C11H10N4O4P+. The van der Waals surface area contributed by atoms with Crippen LogP contribution in [0.3, 0.4) is 0 Å². The van der Waals surface area contributed by atoms with Gasteiger partial charge in [0.05, 0.1) is 12.8 Å². The van der Waals surface area contributed by atoms with E-state index < -0.39 is 8.25 Å². The molecule has 0 amide bonds. The highest BCUT2D eigenvalue weighted by Crippen LogP contribution is 2.22. The number of nitrogens with one attached hydrogen (secondary N) is 1. The van der Waals surface area contributed by atoms with Gasteiger partial charge in [-0.15, -0.1) is 4.89 Å². The van der Waals surface area contributed by atoms with E-state index in [1.54, 1.807) is 31.4 Å². The van der Waals surface area contributed by atoms with E-state index in [0.717, 1.165) is 0 Å². The van der Waals surface area contributed by atoms with Crippen LogP contribution in [-0.2, 0) is 9.19 Å². The van der Waals surface area contributed by atoms with Gasteiger partial charge in [0.2, 0.25) is 0 Å². The summed E-state index contributed by atoms with van der Waals surface area (Å²) in [6.07, 6.45) is 0. The van der Waals surface area contributed by atoms with Crippen LogP contribution in [0.1, 0.15) is 5.69 Å². The number of methoxy groups -OCH3 is 1. The first-order valence-electron chi connectivity index (χ1n) is 5.37. The van der Waals surface area contributed by atoms with E-state index in [9.17, 15) is 4.57 Å². The van der Waals surface area contributed by atoms with Crippen LogP contribution in [0.4, 0.5) is 5.82 Å². The molecule has 1 atom stereocenters. The number of hydrogen-bond acceptors (Lipinski definition) is 6. The van der Waals surface area contributed by atoms with Gasteiger partial charge in [0.25, 0.3) is 0 Å². The van der Waals surface area contributed by atoms with Crippen molar-refractivity contribution in [3.8, 4) is 17.5 Å². The number of nitriles is 1. The molecule has 0 aliphatic heterocycles. The molecule has 0 saturated heterocycles. The average molecular weight is 293 g/mol. The fraction of sp³-hybridized carbons (Fsp3) is 0.0909. The molecule has 0 aliphatic rings. The second-order valence-electron chi connectivity index (χ2n) is 3.57. The van der Waals surface area contributed by atoms with Crippen molar-refractivity contribution in [1.82, 2.24) is 9.78 Å². The number of anilines is 1. The molecule has 1 aromatic heterocycles. The van der Waals surface area contributed by atoms with E-state index >= 15 is 0 Å². The predicted molar refractivity (Wildman–Crippen MR) is 69.4 cm³/mol. The molecule has 0 aliphatic carbocycles. The topological polar surface area (TPSA) is 109 Å². The molecule has 2 N–H and O–H groups in total. The van der Waals surface area contributed by atoms with Crippen LogP contribution in [0.5, 0.6) is 5.75 Å². The molecule has 0 spiro atoms. The number of rotatable bonds is 5. The summed E-state index contributed by atoms with van der Waals surface area (Å²) in [6.45, 7) is 0. The van der Waals surface area contributed by atoms with Crippen molar-refractivity contribution in [2.45, 2.75) is 0 Å². The molecule has 1 aromatic carbocycles. The van der Waals surface area contributed by atoms with Crippen LogP contribution in [0, 0.1) is 11.3 Å². The van der Waals surface area contributed by atoms with E-state index in [1.807, 2.05) is 6.07 Å². The summed E-state index contributed by atoms with van der Waals surface area (Å²) >= 11 is 0. The molecule has 9 heteroatoms. The smallest absolute Gasteiger partial charge is 0.497 e. The third-order valence-corrected chi connectivity index (χ3v) is 2.62. The minimum atomic E-state index is -2.81. The van der Waals surface area contributed by atoms with E-state index in [1.165, 1.54) is 10.7 Å². The maximum atomic E-state index is 10.5. The van der Waals surface area contributed by atoms with Crippen molar-refractivity contribution in [2.75, 3.05) is 12.6 Å². The maximum Gasteiger partial charge on any atom is 0.719 e. The summed E-state index contributed by atoms with van der Waals surface area (Å²) in [4.78, 5) is 8.62. The SMILES string of the molecule is COc1ccc(-n2nc(C#N)cc2NO[P+](=O)O)cc1. The minimum Gasteiger partial charge on any atom is -0.497 e. The molecule has 20 heavy (non-hydrogen) atoms. The molecular weight excluding hydrogens is 283 g/mol. The van der Waals surface area contributed by atoms with E-state index in [2.05, 4.69) is 15.2 Å². The summed E-state index contributed by atoms with van der Waals surface area (Å²) < 4.78 is 21.4. The fourth-order valence-electron chi connectivity index (χ4n) is 1.51. The summed E-state index contributed by atoms with van der Waals surface area (Å²) in [5.74, 6) is 0.926. The Morgan fingerprint density at radius 2 is 2.15 bits per heavy atom. The van der Waals surface area contributed by atoms with Gasteiger partial charge in [-0.1, -0.05) is 0 Å². The van der Waals surface area contributed by atoms with Crippen molar-refractivity contribution in [2.24, 2.45) is 0 Å². The first kappa shape index (κ1) is 14.0. The highest BCUT2D eigenvalue weighted by molar-refractivity contribution is 7.32.